The number of carbonyl (C=O) groups excluding carboxylic acids is 1. The molecule has 1 aliphatic rings. The summed E-state index contributed by atoms with van der Waals surface area (Å²) < 4.78 is 11.2. The Bertz CT molecular complexity index is 1020. The van der Waals surface area contributed by atoms with E-state index in [0.717, 1.165) is 29.9 Å². The van der Waals surface area contributed by atoms with Gasteiger partial charge in [-0.1, -0.05) is 24.3 Å². The van der Waals surface area contributed by atoms with Gasteiger partial charge in [-0.25, -0.2) is 0 Å². The number of carbonyl (C=O) groups is 1. The van der Waals surface area contributed by atoms with E-state index in [1.165, 1.54) is 0 Å². The van der Waals surface area contributed by atoms with Crippen LogP contribution in [0.3, 0.4) is 0 Å². The lowest BCUT2D eigenvalue weighted by Crippen LogP contribution is -2.49. The van der Waals surface area contributed by atoms with E-state index < -0.39 is 0 Å². The first kappa shape index (κ1) is 23.0. The molecule has 1 amide bonds. The second-order valence-corrected chi connectivity index (χ2v) is 7.42. The number of amides is 1. The van der Waals surface area contributed by atoms with Crippen molar-refractivity contribution < 1.29 is 14.3 Å². The van der Waals surface area contributed by atoms with E-state index in [-0.39, 0.29) is 11.5 Å². The number of nitrogens with zero attached hydrogens (tertiary/aromatic N) is 3. The molecule has 2 aromatic rings. The van der Waals surface area contributed by atoms with E-state index in [4.69, 9.17) is 9.47 Å². The normalized spacial score (nSPS) is 14.0. The molecular formula is C26H29N3O3. The van der Waals surface area contributed by atoms with Crippen molar-refractivity contribution in [3.05, 3.63) is 71.8 Å². The van der Waals surface area contributed by atoms with Crippen LogP contribution < -0.4 is 14.4 Å². The maximum Gasteiger partial charge on any atom is 0.264 e. The van der Waals surface area contributed by atoms with Crippen LogP contribution in [0, 0.1) is 11.3 Å². The average Bonchev–Trinajstić information content (AvgIpc) is 2.84. The molecule has 0 aliphatic carbocycles. The first-order valence-electron chi connectivity index (χ1n) is 10.8. The summed E-state index contributed by atoms with van der Waals surface area (Å²) in [7, 11) is 1.58. The van der Waals surface area contributed by atoms with Crippen molar-refractivity contribution in [1.29, 1.82) is 5.26 Å². The Morgan fingerprint density at radius 1 is 1.19 bits per heavy atom. The number of anilines is 1. The quantitative estimate of drug-likeness (QED) is 0.358. The van der Waals surface area contributed by atoms with Crippen LogP contribution in [0.15, 0.2) is 60.7 Å². The number of ether oxygens (including phenoxy) is 2. The second-order valence-electron chi connectivity index (χ2n) is 7.42. The summed E-state index contributed by atoms with van der Waals surface area (Å²) in [6, 6.07) is 15.9. The van der Waals surface area contributed by atoms with Crippen LogP contribution in [-0.4, -0.2) is 50.7 Å². The number of nitriles is 1. The van der Waals surface area contributed by atoms with Gasteiger partial charge in [0.2, 0.25) is 0 Å². The Balaban J connectivity index is 1.79. The van der Waals surface area contributed by atoms with Gasteiger partial charge in [0.1, 0.15) is 11.6 Å². The zero-order valence-corrected chi connectivity index (χ0v) is 18.7. The van der Waals surface area contributed by atoms with E-state index in [1.54, 1.807) is 30.2 Å². The Labute approximate surface area is 190 Å². The SMILES string of the molecule is C=CCc1cc(/C=C(/C#N)C(=O)N2CCN(c3ccccc3)CC2)cc(OC)c1OCC. The predicted molar refractivity (Wildman–Crippen MR) is 127 cm³/mol. The maximum atomic E-state index is 13.1. The zero-order valence-electron chi connectivity index (χ0n) is 18.7. The third-order valence-corrected chi connectivity index (χ3v) is 5.38. The molecular weight excluding hydrogens is 402 g/mol. The van der Waals surface area contributed by atoms with Crippen LogP contribution in [0.2, 0.25) is 0 Å². The Kier molecular flexibility index (Phi) is 7.93. The van der Waals surface area contributed by atoms with E-state index in [2.05, 4.69) is 29.7 Å². The molecule has 0 bridgehead atoms. The molecule has 2 aromatic carbocycles. The lowest BCUT2D eigenvalue weighted by molar-refractivity contribution is -0.126. The molecule has 6 nitrogen and oxygen atoms in total. The van der Waals surface area contributed by atoms with Gasteiger partial charge in [0.15, 0.2) is 11.5 Å². The third kappa shape index (κ3) is 5.30. The van der Waals surface area contributed by atoms with Crippen molar-refractivity contribution in [2.45, 2.75) is 13.3 Å². The average molecular weight is 432 g/mol. The minimum Gasteiger partial charge on any atom is -0.493 e. The second kappa shape index (κ2) is 11.1. The fraction of sp³-hybridized carbons (Fsp3) is 0.308. The standard InChI is InChI=1S/C26H29N3O3/c1-4-9-21-16-20(18-24(31-3)25(21)32-5-2)17-22(19-27)26(30)29-14-12-28(13-15-29)23-10-7-6-8-11-23/h4,6-8,10-11,16-18H,1,5,9,12-15H2,2-3H3/b22-17-. The molecule has 166 valence electrons. The van der Waals surface area contributed by atoms with Crippen molar-refractivity contribution in [1.82, 2.24) is 4.90 Å². The molecule has 1 heterocycles. The highest BCUT2D eigenvalue weighted by Gasteiger charge is 2.24. The van der Waals surface area contributed by atoms with Gasteiger partial charge >= 0.3 is 0 Å². The summed E-state index contributed by atoms with van der Waals surface area (Å²) in [6.07, 6.45) is 3.99. The molecule has 0 spiro atoms. The summed E-state index contributed by atoms with van der Waals surface area (Å²) >= 11 is 0. The van der Waals surface area contributed by atoms with Crippen molar-refractivity contribution in [3.8, 4) is 17.6 Å². The van der Waals surface area contributed by atoms with Crippen LogP contribution in [0.1, 0.15) is 18.1 Å². The number of methoxy groups -OCH3 is 1. The van der Waals surface area contributed by atoms with Gasteiger partial charge in [0.05, 0.1) is 13.7 Å². The molecule has 1 aliphatic heterocycles. The topological polar surface area (TPSA) is 65.8 Å². The van der Waals surface area contributed by atoms with Crippen LogP contribution in [0.4, 0.5) is 5.69 Å². The Morgan fingerprint density at radius 3 is 2.50 bits per heavy atom. The number of para-hydroxylation sites is 1. The van der Waals surface area contributed by atoms with Crippen molar-refractivity contribution in [2.24, 2.45) is 0 Å². The van der Waals surface area contributed by atoms with Crippen molar-refractivity contribution >= 4 is 17.7 Å². The number of hydrogen-bond donors (Lipinski definition) is 0. The largest absolute Gasteiger partial charge is 0.493 e. The molecule has 0 radical (unpaired) electrons. The van der Waals surface area contributed by atoms with E-state index in [9.17, 15) is 10.1 Å². The smallest absolute Gasteiger partial charge is 0.264 e. The highest BCUT2D eigenvalue weighted by Crippen LogP contribution is 2.34. The minimum atomic E-state index is -0.252. The number of rotatable bonds is 8. The van der Waals surface area contributed by atoms with Crippen LogP contribution in [-0.2, 0) is 11.2 Å². The molecule has 0 N–H and O–H groups in total. The summed E-state index contributed by atoms with van der Waals surface area (Å²) in [5.41, 5.74) is 2.87. The number of piperazine rings is 1. The Morgan fingerprint density at radius 2 is 1.91 bits per heavy atom. The molecule has 0 unspecified atom stereocenters. The molecule has 1 saturated heterocycles. The third-order valence-electron chi connectivity index (χ3n) is 5.38. The molecule has 0 aromatic heterocycles. The lowest BCUT2D eigenvalue weighted by atomic mass is 10.0. The van der Waals surface area contributed by atoms with Crippen molar-refractivity contribution in [3.63, 3.8) is 0 Å². The summed E-state index contributed by atoms with van der Waals surface area (Å²) in [6.45, 7) is 8.83. The van der Waals surface area contributed by atoms with Gasteiger partial charge in [-0.3, -0.25) is 4.79 Å². The van der Waals surface area contributed by atoms with Gasteiger partial charge in [0, 0.05) is 37.4 Å². The summed E-state index contributed by atoms with van der Waals surface area (Å²) in [5, 5.41) is 9.71. The molecule has 0 saturated carbocycles. The molecule has 32 heavy (non-hydrogen) atoms. The van der Waals surface area contributed by atoms with Gasteiger partial charge in [-0.15, -0.1) is 6.58 Å². The monoisotopic (exact) mass is 431 g/mol. The molecule has 3 rings (SSSR count). The summed E-state index contributed by atoms with van der Waals surface area (Å²) in [5.74, 6) is 0.978. The fourth-order valence-corrected chi connectivity index (χ4v) is 3.82. The van der Waals surface area contributed by atoms with E-state index in [1.807, 2.05) is 31.2 Å². The molecule has 0 atom stereocenters. The van der Waals surface area contributed by atoms with E-state index in [0.29, 0.717) is 37.6 Å². The highest BCUT2D eigenvalue weighted by atomic mass is 16.5. The van der Waals surface area contributed by atoms with E-state index >= 15 is 0 Å². The van der Waals surface area contributed by atoms with Gasteiger partial charge in [-0.2, -0.15) is 5.26 Å². The lowest BCUT2D eigenvalue weighted by Gasteiger charge is -2.36. The highest BCUT2D eigenvalue weighted by molar-refractivity contribution is 6.02. The first-order chi connectivity index (χ1) is 15.6. The number of hydrogen-bond acceptors (Lipinski definition) is 5. The van der Waals surface area contributed by atoms with Gasteiger partial charge < -0.3 is 19.3 Å². The minimum absolute atomic E-state index is 0.105. The zero-order chi connectivity index (χ0) is 22.9. The van der Waals surface area contributed by atoms with Crippen molar-refractivity contribution in [2.75, 3.05) is 44.8 Å². The van der Waals surface area contributed by atoms with Gasteiger partial charge in [0.25, 0.3) is 5.91 Å². The fourth-order valence-electron chi connectivity index (χ4n) is 3.82. The molecule has 6 heteroatoms. The maximum absolute atomic E-state index is 13.1. The molecule has 1 fully saturated rings. The number of allylic oxidation sites excluding steroid dienone is 1. The summed E-state index contributed by atoms with van der Waals surface area (Å²) in [4.78, 5) is 17.0. The number of benzene rings is 2. The van der Waals surface area contributed by atoms with Crippen LogP contribution in [0.5, 0.6) is 11.5 Å². The van der Waals surface area contributed by atoms with Gasteiger partial charge in [-0.05, 0) is 49.2 Å². The first-order valence-corrected chi connectivity index (χ1v) is 10.8. The predicted octanol–water partition coefficient (Wildman–Crippen LogP) is 4.08. The Hall–Kier alpha value is -3.72. The van der Waals surface area contributed by atoms with Crippen LogP contribution >= 0.6 is 0 Å². The van der Waals surface area contributed by atoms with Crippen LogP contribution in [0.25, 0.3) is 6.08 Å².